The van der Waals surface area contributed by atoms with Crippen LogP contribution < -0.4 is 36.3 Å². The molecule has 404 valence electrons. The average Bonchev–Trinajstić information content (AvgIpc) is 3.24. The number of hydrogen-bond acceptors (Lipinski definition) is 12. The first-order valence-electron chi connectivity index (χ1n) is 24.4. The molecule has 0 fully saturated rings. The summed E-state index contributed by atoms with van der Waals surface area (Å²) in [7, 11) is 1.50. The summed E-state index contributed by atoms with van der Waals surface area (Å²) in [5.74, 6) is 1.14. The lowest BCUT2D eigenvalue weighted by molar-refractivity contribution is -0.135. The zero-order valence-electron chi connectivity index (χ0n) is 46.4. The summed E-state index contributed by atoms with van der Waals surface area (Å²) >= 11 is 0. The molecule has 0 spiro atoms. The third-order valence-electron chi connectivity index (χ3n) is 9.82. The lowest BCUT2D eigenvalue weighted by atomic mass is 9.87. The summed E-state index contributed by atoms with van der Waals surface area (Å²) in [5.41, 5.74) is 14.5. The predicted octanol–water partition coefficient (Wildman–Crippen LogP) is 12.2. The molecule has 7 N–H and O–H groups in total. The summed E-state index contributed by atoms with van der Waals surface area (Å²) in [5, 5.41) is 14.7. The molecule has 0 saturated heterocycles. The van der Waals surface area contributed by atoms with Crippen molar-refractivity contribution in [3.05, 3.63) is 119 Å². The van der Waals surface area contributed by atoms with E-state index in [2.05, 4.69) is 113 Å². The highest BCUT2D eigenvalue weighted by Crippen LogP contribution is 2.27. The molecule has 0 aliphatic heterocycles. The summed E-state index contributed by atoms with van der Waals surface area (Å²) in [6.07, 6.45) is 0.181. The molecule has 4 aromatic carbocycles. The molecule has 0 atom stereocenters. The molecule has 0 bridgehead atoms. The highest BCUT2D eigenvalue weighted by Gasteiger charge is 2.18. The van der Waals surface area contributed by atoms with E-state index in [0.717, 1.165) is 0 Å². The maximum absolute atomic E-state index is 11.7. The van der Waals surface area contributed by atoms with Gasteiger partial charge in [0.2, 0.25) is 0 Å². The fourth-order valence-corrected chi connectivity index (χ4v) is 5.74. The van der Waals surface area contributed by atoms with Crippen LogP contribution in [0.25, 0.3) is 0 Å². The van der Waals surface area contributed by atoms with E-state index in [1.807, 2.05) is 72.8 Å². The van der Waals surface area contributed by atoms with Gasteiger partial charge in [-0.1, -0.05) is 153 Å². The zero-order valence-corrected chi connectivity index (χ0v) is 46.4. The Labute approximate surface area is 434 Å². The van der Waals surface area contributed by atoms with Crippen LogP contribution in [0.3, 0.4) is 0 Å². The monoisotopic (exact) mass is 1000 g/mol. The molecule has 13 heteroatoms. The van der Waals surface area contributed by atoms with Gasteiger partial charge in [-0.3, -0.25) is 14.4 Å². The Bertz CT molecular complexity index is 2130. The van der Waals surface area contributed by atoms with Gasteiger partial charge in [0.1, 0.15) is 28.6 Å². The Morgan fingerprint density at radius 2 is 0.764 bits per heavy atom. The van der Waals surface area contributed by atoms with Crippen LogP contribution in [0.1, 0.15) is 167 Å². The number of carbonyl (C=O) groups excluding carboxylic acids is 4. The molecule has 13 nitrogen and oxygen atoms in total. The number of hydrogen-bond donors (Lipinski definition) is 5. The SMILES string of the molecule is C.CC(C)(C)OC(=O)NCCC(=O)Oc1ccc(C(C)(C)C)cc1.CC(C)(C)c1ccc(O)cc1.CC(C)(C)c1ccc(OC(=O)CCN)cc1.CC(C)NCCC(=O)Oc1ccc(C(C)(C)C)cc1.CN. The Hall–Kier alpha value is -5.76. The van der Waals surface area contributed by atoms with Crippen LogP contribution >= 0.6 is 0 Å². The number of phenols is 1. The minimum Gasteiger partial charge on any atom is -0.508 e. The maximum Gasteiger partial charge on any atom is 0.407 e. The Kier molecular flexibility index (Phi) is 30.7. The van der Waals surface area contributed by atoms with Crippen molar-refractivity contribution in [3.8, 4) is 23.0 Å². The number of esters is 3. The Morgan fingerprint density at radius 1 is 0.486 bits per heavy atom. The summed E-state index contributed by atoms with van der Waals surface area (Å²) < 4.78 is 20.7. The zero-order chi connectivity index (χ0) is 54.8. The van der Waals surface area contributed by atoms with E-state index in [4.69, 9.17) is 29.8 Å². The van der Waals surface area contributed by atoms with Crippen molar-refractivity contribution in [2.45, 2.75) is 178 Å². The van der Waals surface area contributed by atoms with Crippen molar-refractivity contribution < 1.29 is 43.2 Å². The van der Waals surface area contributed by atoms with Gasteiger partial charge >= 0.3 is 24.0 Å². The molecule has 4 aromatic rings. The van der Waals surface area contributed by atoms with Crippen LogP contribution in [0.5, 0.6) is 23.0 Å². The van der Waals surface area contributed by atoms with E-state index < -0.39 is 17.7 Å². The highest BCUT2D eigenvalue weighted by molar-refractivity contribution is 5.74. The Balaban J connectivity index is 0. The number of nitrogens with one attached hydrogen (secondary N) is 2. The molecule has 72 heavy (non-hydrogen) atoms. The quantitative estimate of drug-likeness (QED) is 0.0665. The fourth-order valence-electron chi connectivity index (χ4n) is 5.74. The van der Waals surface area contributed by atoms with Crippen LogP contribution in [-0.2, 0) is 40.8 Å². The van der Waals surface area contributed by atoms with Crippen molar-refractivity contribution in [2.75, 3.05) is 26.7 Å². The standard InChI is InChI=1S/C18H27NO4.C16H25NO2.C13H19NO2.C10H14O.CH5N.CH4/c1-17(2,3)13-7-9-14(10-8-13)22-15(20)11-12-19-16(21)23-18(4,5)6;1-12(2)17-11-10-15(18)19-14-8-6-13(7-9-14)16(3,4)5;1-13(2,3)10-4-6-11(7-5-10)16-12(15)8-9-14;1-10(2,3)8-4-6-9(11)7-5-8;1-2;/h7-10H,11-12H2,1-6H3,(H,19,21);6-9,12,17H,10-11H2,1-5H3;4-7H,8-9,14H2,1-3H3;4-7,11H,1-3H3;2H2,1H3;1H4. The van der Waals surface area contributed by atoms with Gasteiger partial charge in [0.05, 0.1) is 19.3 Å². The number of alkyl carbamates (subject to hydrolysis) is 1. The molecule has 0 aromatic heterocycles. The van der Waals surface area contributed by atoms with Gasteiger partial charge in [0, 0.05) is 25.7 Å². The minimum atomic E-state index is -0.556. The molecular weight excluding hydrogens is 909 g/mol. The minimum absolute atomic E-state index is 0. The number of ether oxygens (including phenoxy) is 4. The van der Waals surface area contributed by atoms with Gasteiger partial charge in [-0.25, -0.2) is 4.79 Å². The second-order valence-corrected chi connectivity index (χ2v) is 22.1. The number of amides is 1. The molecule has 1 amide bonds. The summed E-state index contributed by atoms with van der Waals surface area (Å²) in [6, 6.07) is 30.5. The lowest BCUT2D eigenvalue weighted by Crippen LogP contribution is -2.34. The van der Waals surface area contributed by atoms with E-state index in [1.165, 1.54) is 29.3 Å². The topological polar surface area (TPSA) is 202 Å². The molecule has 4 rings (SSSR count). The van der Waals surface area contributed by atoms with E-state index in [9.17, 15) is 19.2 Å². The van der Waals surface area contributed by atoms with Crippen LogP contribution in [-0.4, -0.2) is 67.4 Å². The molecule has 0 radical (unpaired) electrons. The molecule has 0 saturated carbocycles. The fraction of sp³-hybridized carbons (Fsp3) is 0.525. The molecule has 0 aliphatic rings. The van der Waals surface area contributed by atoms with Crippen LogP contribution in [0, 0.1) is 0 Å². The summed E-state index contributed by atoms with van der Waals surface area (Å²) in [4.78, 5) is 46.0. The first-order chi connectivity index (χ1) is 32.7. The largest absolute Gasteiger partial charge is 0.508 e. The number of aromatic hydroxyl groups is 1. The van der Waals surface area contributed by atoms with Crippen molar-refractivity contribution in [2.24, 2.45) is 11.5 Å². The van der Waals surface area contributed by atoms with Gasteiger partial charge in [-0.15, -0.1) is 0 Å². The van der Waals surface area contributed by atoms with E-state index in [0.29, 0.717) is 48.6 Å². The molecule has 0 aliphatic carbocycles. The number of rotatable bonds is 12. The number of carbonyl (C=O) groups is 4. The average molecular weight is 1000 g/mol. The van der Waals surface area contributed by atoms with Crippen LogP contribution in [0.15, 0.2) is 97.1 Å². The van der Waals surface area contributed by atoms with E-state index in [1.54, 1.807) is 45.0 Å². The second kappa shape index (κ2) is 32.3. The lowest BCUT2D eigenvalue weighted by Gasteiger charge is -2.19. The predicted molar refractivity (Wildman–Crippen MR) is 296 cm³/mol. The smallest absolute Gasteiger partial charge is 0.407 e. The number of benzene rings is 4. The van der Waals surface area contributed by atoms with E-state index >= 15 is 0 Å². The van der Waals surface area contributed by atoms with Gasteiger partial charge in [0.15, 0.2) is 0 Å². The Morgan fingerprint density at radius 3 is 1.03 bits per heavy atom. The third-order valence-corrected chi connectivity index (χ3v) is 9.82. The maximum atomic E-state index is 11.7. The first kappa shape index (κ1) is 68.3. The number of nitrogens with two attached hydrogens (primary N) is 2. The molecule has 0 heterocycles. The number of phenolic OH excluding ortho intramolecular Hbond substituents is 1. The van der Waals surface area contributed by atoms with Gasteiger partial charge in [-0.2, -0.15) is 0 Å². The van der Waals surface area contributed by atoms with Gasteiger partial charge in [0.25, 0.3) is 0 Å². The van der Waals surface area contributed by atoms with Crippen molar-refractivity contribution in [1.29, 1.82) is 0 Å². The van der Waals surface area contributed by atoms with Crippen LogP contribution in [0.2, 0.25) is 0 Å². The highest BCUT2D eigenvalue weighted by atomic mass is 16.6. The van der Waals surface area contributed by atoms with Gasteiger partial charge < -0.3 is 46.2 Å². The van der Waals surface area contributed by atoms with Crippen molar-refractivity contribution in [3.63, 3.8) is 0 Å². The first-order valence-corrected chi connectivity index (χ1v) is 24.4. The summed E-state index contributed by atoms with van der Waals surface area (Å²) in [6.45, 7) is 36.3. The van der Waals surface area contributed by atoms with Crippen molar-refractivity contribution in [1.82, 2.24) is 10.6 Å². The van der Waals surface area contributed by atoms with Gasteiger partial charge in [-0.05, 0) is 120 Å². The molecular formula is C59H94N4O9. The van der Waals surface area contributed by atoms with E-state index in [-0.39, 0.29) is 60.4 Å². The van der Waals surface area contributed by atoms with Crippen LogP contribution in [0.4, 0.5) is 4.79 Å². The second-order valence-electron chi connectivity index (χ2n) is 22.1. The normalized spacial score (nSPS) is 11.2. The molecule has 0 unspecified atom stereocenters. The third kappa shape index (κ3) is 31.5. The van der Waals surface area contributed by atoms with Crippen molar-refractivity contribution >= 4 is 24.0 Å².